The number of benzene rings is 1. The molecule has 134 valence electrons. The SMILES string of the molecule is Cn1ncc(C(=O)N2CCN(c3cccc(Cl)c3)CC2)c1-n1cccc1. The molecule has 0 saturated carbocycles. The van der Waals surface area contributed by atoms with Gasteiger partial charge in [0.25, 0.3) is 5.91 Å². The number of carbonyl (C=O) groups is 1. The smallest absolute Gasteiger partial charge is 0.259 e. The van der Waals surface area contributed by atoms with Crippen molar-refractivity contribution in [2.45, 2.75) is 0 Å². The van der Waals surface area contributed by atoms with Gasteiger partial charge in [0.15, 0.2) is 0 Å². The van der Waals surface area contributed by atoms with E-state index in [-0.39, 0.29) is 5.91 Å². The summed E-state index contributed by atoms with van der Waals surface area (Å²) in [5.41, 5.74) is 1.72. The second-order valence-electron chi connectivity index (χ2n) is 6.35. The fraction of sp³-hybridized carbons (Fsp3) is 0.263. The predicted molar refractivity (Wildman–Crippen MR) is 102 cm³/mol. The van der Waals surface area contributed by atoms with Gasteiger partial charge in [-0.1, -0.05) is 17.7 Å². The molecule has 0 radical (unpaired) electrons. The first-order valence-corrected chi connectivity index (χ1v) is 8.96. The van der Waals surface area contributed by atoms with Crippen LogP contribution >= 0.6 is 11.6 Å². The van der Waals surface area contributed by atoms with E-state index in [1.54, 1.807) is 10.9 Å². The molecule has 7 heteroatoms. The van der Waals surface area contributed by atoms with Crippen LogP contribution < -0.4 is 4.90 Å². The molecule has 1 aromatic carbocycles. The second-order valence-corrected chi connectivity index (χ2v) is 6.79. The summed E-state index contributed by atoms with van der Waals surface area (Å²) >= 11 is 6.09. The van der Waals surface area contributed by atoms with E-state index in [1.807, 2.05) is 59.2 Å². The van der Waals surface area contributed by atoms with Crippen LogP contribution in [0.5, 0.6) is 0 Å². The van der Waals surface area contributed by atoms with Crippen LogP contribution in [-0.2, 0) is 7.05 Å². The van der Waals surface area contributed by atoms with E-state index in [9.17, 15) is 4.79 Å². The van der Waals surface area contributed by atoms with Gasteiger partial charge in [0.2, 0.25) is 0 Å². The van der Waals surface area contributed by atoms with E-state index in [0.29, 0.717) is 18.7 Å². The molecule has 1 saturated heterocycles. The van der Waals surface area contributed by atoms with Gasteiger partial charge in [-0.3, -0.25) is 9.48 Å². The van der Waals surface area contributed by atoms with E-state index < -0.39 is 0 Å². The Morgan fingerprint density at radius 1 is 1.08 bits per heavy atom. The Morgan fingerprint density at radius 2 is 1.81 bits per heavy atom. The lowest BCUT2D eigenvalue weighted by molar-refractivity contribution is 0.0746. The fourth-order valence-corrected chi connectivity index (χ4v) is 3.56. The maximum Gasteiger partial charge on any atom is 0.259 e. The molecule has 0 N–H and O–H groups in total. The average Bonchev–Trinajstić information content (AvgIpc) is 3.30. The second kappa shape index (κ2) is 6.88. The zero-order chi connectivity index (χ0) is 18.1. The van der Waals surface area contributed by atoms with Crippen molar-refractivity contribution in [3.05, 3.63) is 65.6 Å². The summed E-state index contributed by atoms with van der Waals surface area (Å²) in [4.78, 5) is 17.2. The first kappa shape index (κ1) is 16.7. The Kier molecular flexibility index (Phi) is 4.42. The highest BCUT2D eigenvalue weighted by molar-refractivity contribution is 6.30. The highest BCUT2D eigenvalue weighted by Gasteiger charge is 2.26. The molecule has 1 fully saturated rings. The molecule has 0 aliphatic carbocycles. The predicted octanol–water partition coefficient (Wildman–Crippen LogP) is 2.83. The molecule has 26 heavy (non-hydrogen) atoms. The van der Waals surface area contributed by atoms with E-state index in [0.717, 1.165) is 29.6 Å². The first-order chi connectivity index (χ1) is 12.6. The summed E-state index contributed by atoms with van der Waals surface area (Å²) in [5.74, 6) is 0.810. The minimum absolute atomic E-state index is 0.0209. The van der Waals surface area contributed by atoms with E-state index in [4.69, 9.17) is 11.6 Å². The number of nitrogens with zero attached hydrogens (tertiary/aromatic N) is 5. The number of anilines is 1. The van der Waals surface area contributed by atoms with Crippen LogP contribution in [0.4, 0.5) is 5.69 Å². The van der Waals surface area contributed by atoms with Gasteiger partial charge in [-0.05, 0) is 30.3 Å². The summed E-state index contributed by atoms with van der Waals surface area (Å²) in [6.45, 7) is 2.91. The summed E-state index contributed by atoms with van der Waals surface area (Å²) in [6.07, 6.45) is 5.50. The van der Waals surface area contributed by atoms with Gasteiger partial charge >= 0.3 is 0 Å². The lowest BCUT2D eigenvalue weighted by Gasteiger charge is -2.36. The summed E-state index contributed by atoms with van der Waals surface area (Å²) < 4.78 is 3.65. The number of halogens is 1. The fourth-order valence-electron chi connectivity index (χ4n) is 3.37. The topological polar surface area (TPSA) is 46.3 Å². The molecule has 3 heterocycles. The van der Waals surface area contributed by atoms with Crippen molar-refractivity contribution in [1.29, 1.82) is 0 Å². The van der Waals surface area contributed by atoms with Gasteiger partial charge in [-0.25, -0.2) is 0 Å². The standard InChI is InChI=1S/C19H20ClN5O/c1-22-18(24-7-2-3-8-24)17(14-21-22)19(26)25-11-9-23(10-12-25)16-6-4-5-15(20)13-16/h2-8,13-14H,9-12H2,1H3. The number of amides is 1. The van der Waals surface area contributed by atoms with Crippen LogP contribution in [0.15, 0.2) is 55.0 Å². The molecule has 1 aliphatic heterocycles. The molecule has 3 aromatic rings. The van der Waals surface area contributed by atoms with Crippen LogP contribution in [-0.4, -0.2) is 51.3 Å². The first-order valence-electron chi connectivity index (χ1n) is 8.58. The molecule has 0 unspecified atom stereocenters. The van der Waals surface area contributed by atoms with Crippen LogP contribution in [0, 0.1) is 0 Å². The Morgan fingerprint density at radius 3 is 2.50 bits per heavy atom. The lowest BCUT2D eigenvalue weighted by Crippen LogP contribution is -2.48. The van der Waals surface area contributed by atoms with Gasteiger partial charge < -0.3 is 14.4 Å². The lowest BCUT2D eigenvalue weighted by atomic mass is 10.2. The highest BCUT2D eigenvalue weighted by Crippen LogP contribution is 2.22. The quantitative estimate of drug-likeness (QED) is 0.713. The number of aromatic nitrogens is 3. The number of carbonyl (C=O) groups excluding carboxylic acids is 1. The number of hydrogen-bond donors (Lipinski definition) is 0. The number of rotatable bonds is 3. The Bertz CT molecular complexity index is 910. The zero-order valence-corrected chi connectivity index (χ0v) is 15.3. The van der Waals surface area contributed by atoms with Crippen LogP contribution in [0.1, 0.15) is 10.4 Å². The molecular formula is C19H20ClN5O. The van der Waals surface area contributed by atoms with Crippen molar-refractivity contribution < 1.29 is 4.79 Å². The van der Waals surface area contributed by atoms with Gasteiger partial charge in [0.05, 0.1) is 6.20 Å². The number of aryl methyl sites for hydroxylation is 1. The molecule has 0 spiro atoms. The van der Waals surface area contributed by atoms with Crippen LogP contribution in [0.2, 0.25) is 5.02 Å². The monoisotopic (exact) mass is 369 g/mol. The molecule has 0 atom stereocenters. The molecule has 1 amide bonds. The summed E-state index contributed by atoms with van der Waals surface area (Å²) in [7, 11) is 1.85. The van der Waals surface area contributed by atoms with Crippen LogP contribution in [0.25, 0.3) is 5.82 Å². The van der Waals surface area contributed by atoms with Gasteiger partial charge in [0, 0.05) is 56.3 Å². The maximum atomic E-state index is 13.0. The molecular weight excluding hydrogens is 350 g/mol. The summed E-state index contributed by atoms with van der Waals surface area (Å²) in [6, 6.07) is 11.7. The van der Waals surface area contributed by atoms with Gasteiger partial charge in [-0.15, -0.1) is 0 Å². The van der Waals surface area contributed by atoms with E-state index in [2.05, 4.69) is 16.1 Å². The molecule has 0 bridgehead atoms. The minimum Gasteiger partial charge on any atom is -0.368 e. The third-order valence-electron chi connectivity index (χ3n) is 4.73. The minimum atomic E-state index is 0.0209. The van der Waals surface area contributed by atoms with Crippen molar-refractivity contribution in [3.8, 4) is 5.82 Å². The molecule has 4 rings (SSSR count). The zero-order valence-electron chi connectivity index (χ0n) is 14.5. The third kappa shape index (κ3) is 3.08. The van der Waals surface area contributed by atoms with Crippen molar-refractivity contribution >= 4 is 23.2 Å². The third-order valence-corrected chi connectivity index (χ3v) is 4.96. The normalized spacial score (nSPS) is 14.7. The Balaban J connectivity index is 1.50. The van der Waals surface area contributed by atoms with Gasteiger partial charge in [0.1, 0.15) is 11.4 Å². The van der Waals surface area contributed by atoms with Crippen molar-refractivity contribution in [3.63, 3.8) is 0 Å². The van der Waals surface area contributed by atoms with Crippen molar-refractivity contribution in [1.82, 2.24) is 19.2 Å². The van der Waals surface area contributed by atoms with Crippen molar-refractivity contribution in [2.24, 2.45) is 7.05 Å². The summed E-state index contributed by atoms with van der Waals surface area (Å²) in [5, 5.41) is 5.01. The largest absolute Gasteiger partial charge is 0.368 e. The Labute approximate surface area is 157 Å². The molecule has 1 aliphatic rings. The van der Waals surface area contributed by atoms with E-state index in [1.165, 1.54) is 0 Å². The van der Waals surface area contributed by atoms with Crippen LogP contribution in [0.3, 0.4) is 0 Å². The van der Waals surface area contributed by atoms with Crippen molar-refractivity contribution in [2.75, 3.05) is 31.1 Å². The average molecular weight is 370 g/mol. The highest BCUT2D eigenvalue weighted by atomic mass is 35.5. The Hall–Kier alpha value is -2.73. The maximum absolute atomic E-state index is 13.0. The number of piperazine rings is 1. The number of hydrogen-bond acceptors (Lipinski definition) is 3. The van der Waals surface area contributed by atoms with E-state index >= 15 is 0 Å². The molecule has 2 aromatic heterocycles. The van der Waals surface area contributed by atoms with Gasteiger partial charge in [-0.2, -0.15) is 5.10 Å². The molecule has 6 nitrogen and oxygen atoms in total.